The molecule has 19 heavy (non-hydrogen) atoms. The molecule has 0 spiro atoms. The maximum absolute atomic E-state index is 12.0. The molecule has 1 atom stereocenters. The summed E-state index contributed by atoms with van der Waals surface area (Å²) in [6, 6.07) is 1.19. The Hall–Kier alpha value is -0.860. The predicted octanol–water partition coefficient (Wildman–Crippen LogP) is 1.35. The van der Waals surface area contributed by atoms with Gasteiger partial charge in [-0.05, 0) is 19.1 Å². The van der Waals surface area contributed by atoms with E-state index < -0.39 is 33.5 Å². The van der Waals surface area contributed by atoms with E-state index in [-0.39, 0.29) is 15.6 Å². The van der Waals surface area contributed by atoms with Gasteiger partial charge in [-0.15, -0.1) is 0 Å². The van der Waals surface area contributed by atoms with E-state index >= 15 is 0 Å². The van der Waals surface area contributed by atoms with Crippen molar-refractivity contribution in [2.24, 2.45) is 0 Å². The molecule has 0 unspecified atom stereocenters. The second-order valence-corrected chi connectivity index (χ2v) is 6.27. The second kappa shape index (κ2) is 6.06. The molecule has 0 bridgehead atoms. The van der Waals surface area contributed by atoms with E-state index in [4.69, 9.17) is 33.4 Å². The van der Waals surface area contributed by atoms with Crippen LogP contribution in [0.2, 0.25) is 10.0 Å². The predicted molar refractivity (Wildman–Crippen MR) is 70.3 cm³/mol. The summed E-state index contributed by atoms with van der Waals surface area (Å²) in [7, 11) is -4.04. The van der Waals surface area contributed by atoms with Crippen LogP contribution in [0.5, 0.6) is 0 Å². The fraction of sp³-hybridized carbons (Fsp3) is 0.300. The van der Waals surface area contributed by atoms with Crippen molar-refractivity contribution in [3.05, 3.63) is 27.7 Å². The summed E-state index contributed by atoms with van der Waals surface area (Å²) < 4.78 is 26.1. The van der Waals surface area contributed by atoms with Crippen LogP contribution in [0.3, 0.4) is 0 Å². The van der Waals surface area contributed by atoms with Crippen LogP contribution in [-0.2, 0) is 10.0 Å². The van der Waals surface area contributed by atoms with Gasteiger partial charge in [0.1, 0.15) is 4.90 Å². The van der Waals surface area contributed by atoms with Crippen molar-refractivity contribution < 1.29 is 23.4 Å². The van der Waals surface area contributed by atoms with Gasteiger partial charge in [0, 0.05) is 6.04 Å². The minimum Gasteiger partial charge on any atom is -0.478 e. The average Bonchev–Trinajstić information content (AvgIpc) is 2.27. The molecule has 0 aliphatic rings. The summed E-state index contributed by atoms with van der Waals surface area (Å²) in [6.45, 7) is 1.04. The number of nitrogens with one attached hydrogen (secondary N) is 1. The zero-order chi connectivity index (χ0) is 14.8. The lowest BCUT2D eigenvalue weighted by Crippen LogP contribution is -2.35. The van der Waals surface area contributed by atoms with Crippen LogP contribution in [0, 0.1) is 0 Å². The van der Waals surface area contributed by atoms with Gasteiger partial charge >= 0.3 is 5.97 Å². The van der Waals surface area contributed by atoms with Crippen molar-refractivity contribution in [3.63, 3.8) is 0 Å². The van der Waals surface area contributed by atoms with Crippen LogP contribution in [-0.4, -0.2) is 37.2 Å². The molecule has 1 aromatic carbocycles. The molecule has 1 aromatic rings. The summed E-state index contributed by atoms with van der Waals surface area (Å²) in [6.07, 6.45) is 0. The van der Waals surface area contributed by atoms with Crippen LogP contribution < -0.4 is 4.72 Å². The standard InChI is InChI=1S/C10H11Cl2NO5S/c1-5(4-14)13-19(17,18)9-2-6(10(15)16)7(11)3-8(9)12/h2-3,5,13-14H,4H2,1H3,(H,15,16)/t5-/m0/s1. The Labute approximate surface area is 120 Å². The Kier molecular flexibility index (Phi) is 5.17. The Morgan fingerprint density at radius 1 is 1.37 bits per heavy atom. The number of rotatable bonds is 5. The molecular formula is C10H11Cl2NO5S. The summed E-state index contributed by atoms with van der Waals surface area (Å²) >= 11 is 11.4. The smallest absolute Gasteiger partial charge is 0.337 e. The average molecular weight is 328 g/mol. The van der Waals surface area contributed by atoms with Crippen LogP contribution in [0.25, 0.3) is 0 Å². The van der Waals surface area contributed by atoms with Gasteiger partial charge in [0.05, 0.1) is 22.2 Å². The number of carbonyl (C=O) groups is 1. The van der Waals surface area contributed by atoms with E-state index in [1.54, 1.807) is 0 Å². The molecular weight excluding hydrogens is 317 g/mol. The number of aliphatic hydroxyl groups is 1. The summed E-state index contributed by atoms with van der Waals surface area (Å²) in [5, 5.41) is 17.4. The first kappa shape index (κ1) is 16.2. The van der Waals surface area contributed by atoms with Gasteiger partial charge in [0.2, 0.25) is 10.0 Å². The number of aliphatic hydroxyl groups excluding tert-OH is 1. The molecule has 0 aliphatic carbocycles. The molecule has 9 heteroatoms. The van der Waals surface area contributed by atoms with E-state index in [1.165, 1.54) is 6.92 Å². The molecule has 0 heterocycles. The van der Waals surface area contributed by atoms with Gasteiger partial charge in [-0.1, -0.05) is 23.2 Å². The van der Waals surface area contributed by atoms with Crippen molar-refractivity contribution in [2.75, 3.05) is 6.61 Å². The number of benzene rings is 1. The summed E-state index contributed by atoms with van der Waals surface area (Å²) in [5.74, 6) is -1.37. The van der Waals surface area contributed by atoms with Crippen LogP contribution in [0.15, 0.2) is 17.0 Å². The van der Waals surface area contributed by atoms with Gasteiger partial charge in [0.25, 0.3) is 0 Å². The molecule has 0 radical (unpaired) electrons. The lowest BCUT2D eigenvalue weighted by atomic mass is 10.2. The molecule has 3 N–H and O–H groups in total. The van der Waals surface area contributed by atoms with Crippen molar-refractivity contribution in [1.29, 1.82) is 0 Å². The monoisotopic (exact) mass is 327 g/mol. The number of hydrogen-bond donors (Lipinski definition) is 3. The molecule has 106 valence electrons. The number of hydrogen-bond acceptors (Lipinski definition) is 4. The van der Waals surface area contributed by atoms with E-state index in [1.807, 2.05) is 0 Å². The van der Waals surface area contributed by atoms with Crippen molar-refractivity contribution in [1.82, 2.24) is 4.72 Å². The number of carboxylic acid groups (broad SMARTS) is 1. The minimum absolute atomic E-state index is 0.161. The van der Waals surface area contributed by atoms with Gasteiger partial charge in [-0.3, -0.25) is 0 Å². The summed E-state index contributed by atoms with van der Waals surface area (Å²) in [5.41, 5.74) is -0.372. The van der Waals surface area contributed by atoms with E-state index in [0.717, 1.165) is 12.1 Å². The first-order valence-electron chi connectivity index (χ1n) is 5.04. The van der Waals surface area contributed by atoms with E-state index in [2.05, 4.69) is 4.72 Å². The van der Waals surface area contributed by atoms with Crippen molar-refractivity contribution in [3.8, 4) is 0 Å². The minimum atomic E-state index is -4.04. The second-order valence-electron chi connectivity index (χ2n) is 3.77. The molecule has 1 rings (SSSR count). The maximum Gasteiger partial charge on any atom is 0.337 e. The van der Waals surface area contributed by atoms with Gasteiger partial charge in [-0.25, -0.2) is 17.9 Å². The highest BCUT2D eigenvalue weighted by Gasteiger charge is 2.23. The largest absolute Gasteiger partial charge is 0.478 e. The van der Waals surface area contributed by atoms with Gasteiger partial charge < -0.3 is 10.2 Å². The topological polar surface area (TPSA) is 104 Å². The summed E-state index contributed by atoms with van der Waals surface area (Å²) in [4.78, 5) is 10.5. The van der Waals surface area contributed by atoms with Crippen LogP contribution in [0.1, 0.15) is 17.3 Å². The molecule has 0 saturated heterocycles. The molecule has 0 aliphatic heterocycles. The number of carboxylic acids is 1. The Morgan fingerprint density at radius 2 is 1.95 bits per heavy atom. The van der Waals surface area contributed by atoms with Gasteiger partial charge in [0.15, 0.2) is 0 Å². The van der Waals surface area contributed by atoms with Crippen molar-refractivity contribution >= 4 is 39.2 Å². The normalized spacial score (nSPS) is 13.3. The lowest BCUT2D eigenvalue weighted by Gasteiger charge is -2.13. The van der Waals surface area contributed by atoms with E-state index in [9.17, 15) is 13.2 Å². The number of halogens is 2. The zero-order valence-electron chi connectivity index (χ0n) is 9.72. The molecule has 0 saturated carbocycles. The van der Waals surface area contributed by atoms with Crippen LogP contribution >= 0.6 is 23.2 Å². The first-order chi connectivity index (χ1) is 8.69. The third-order valence-electron chi connectivity index (χ3n) is 2.17. The highest BCUT2D eigenvalue weighted by molar-refractivity contribution is 7.89. The van der Waals surface area contributed by atoms with Crippen LogP contribution in [0.4, 0.5) is 0 Å². The van der Waals surface area contributed by atoms with Gasteiger partial charge in [-0.2, -0.15) is 0 Å². The SMILES string of the molecule is C[C@@H](CO)NS(=O)(=O)c1cc(C(=O)O)c(Cl)cc1Cl. The highest BCUT2D eigenvalue weighted by atomic mass is 35.5. The molecule has 6 nitrogen and oxygen atoms in total. The quantitative estimate of drug-likeness (QED) is 0.757. The number of aromatic carboxylic acids is 1. The molecule has 0 aromatic heterocycles. The zero-order valence-corrected chi connectivity index (χ0v) is 12.1. The first-order valence-corrected chi connectivity index (χ1v) is 7.28. The third-order valence-corrected chi connectivity index (χ3v) is 4.54. The maximum atomic E-state index is 12.0. The van der Waals surface area contributed by atoms with Crippen molar-refractivity contribution in [2.45, 2.75) is 17.9 Å². The molecule has 0 fully saturated rings. The fourth-order valence-corrected chi connectivity index (χ4v) is 3.35. The fourth-order valence-electron chi connectivity index (χ4n) is 1.26. The highest BCUT2D eigenvalue weighted by Crippen LogP contribution is 2.28. The molecule has 0 amide bonds. The Morgan fingerprint density at radius 3 is 2.42 bits per heavy atom. The van der Waals surface area contributed by atoms with E-state index in [0.29, 0.717) is 0 Å². The third kappa shape index (κ3) is 3.80. The number of sulfonamides is 1. The Bertz CT molecular complexity index is 602. The lowest BCUT2D eigenvalue weighted by molar-refractivity contribution is 0.0697. The Balaban J connectivity index is 3.34.